The summed E-state index contributed by atoms with van der Waals surface area (Å²) in [6.07, 6.45) is 3.65. The minimum absolute atomic E-state index is 0.0926. The number of carbonyl (C=O) groups is 3. The predicted octanol–water partition coefficient (Wildman–Crippen LogP) is 0.0483. The van der Waals surface area contributed by atoms with Crippen molar-refractivity contribution >= 4 is 29.5 Å². The third kappa shape index (κ3) is 5.32. The van der Waals surface area contributed by atoms with Crippen molar-refractivity contribution in [1.29, 1.82) is 0 Å². The summed E-state index contributed by atoms with van der Waals surface area (Å²) in [5.41, 5.74) is 11.3. The fourth-order valence-corrected chi connectivity index (χ4v) is 5.01. The molecule has 0 saturated carbocycles. The molecule has 9 heteroatoms. The van der Waals surface area contributed by atoms with E-state index in [1.165, 1.54) is 0 Å². The molecule has 0 aromatic heterocycles. The Morgan fingerprint density at radius 1 is 1.24 bits per heavy atom. The highest BCUT2D eigenvalue weighted by atomic mass is 32.2. The number of carboxylic acids is 1. The zero-order valence-corrected chi connectivity index (χ0v) is 15.1. The lowest BCUT2D eigenvalue weighted by Gasteiger charge is -2.19. The summed E-state index contributed by atoms with van der Waals surface area (Å²) >= 11 is 1.78. The van der Waals surface area contributed by atoms with Crippen LogP contribution in [0.5, 0.6) is 0 Å². The van der Waals surface area contributed by atoms with Crippen molar-refractivity contribution in [2.45, 2.75) is 61.9 Å². The smallest absolute Gasteiger partial charge is 0.315 e. The molecule has 5 atom stereocenters. The average molecular weight is 372 g/mol. The van der Waals surface area contributed by atoms with Gasteiger partial charge in [-0.1, -0.05) is 12.8 Å². The molecule has 0 radical (unpaired) electrons. The number of unbranched alkanes of at least 4 members (excludes halogenated alkanes) is 1. The Morgan fingerprint density at radius 2 is 2.00 bits per heavy atom. The molecule has 0 aromatic carbocycles. The topological polar surface area (TPSA) is 148 Å². The van der Waals surface area contributed by atoms with Crippen LogP contribution in [0, 0.1) is 5.92 Å². The molecule has 0 aliphatic carbocycles. The van der Waals surface area contributed by atoms with Crippen molar-refractivity contribution in [2.24, 2.45) is 17.4 Å². The number of nitrogens with one attached hydrogen (secondary N) is 2. The van der Waals surface area contributed by atoms with E-state index in [1.54, 1.807) is 11.8 Å². The van der Waals surface area contributed by atoms with Crippen LogP contribution < -0.4 is 22.1 Å². The Kier molecular flexibility index (Phi) is 7.52. The number of amides is 2. The molecule has 2 saturated heterocycles. The first kappa shape index (κ1) is 20.0. The Bertz CT molecular complexity index is 505. The van der Waals surface area contributed by atoms with Crippen LogP contribution in [0.15, 0.2) is 0 Å². The summed E-state index contributed by atoms with van der Waals surface area (Å²) in [5, 5.41) is 15.4. The third-order valence-corrected chi connectivity index (χ3v) is 6.40. The summed E-state index contributed by atoms with van der Waals surface area (Å²) in [6, 6.07) is -0.635. The second kappa shape index (κ2) is 9.40. The van der Waals surface area contributed by atoms with E-state index in [-0.39, 0.29) is 29.8 Å². The third-order valence-electron chi connectivity index (χ3n) is 4.90. The molecule has 142 valence electrons. The number of thioether (sulfide) groups is 1. The van der Waals surface area contributed by atoms with Crippen molar-refractivity contribution in [3.63, 3.8) is 0 Å². The lowest BCUT2D eigenvalue weighted by molar-refractivity contribution is -0.147. The van der Waals surface area contributed by atoms with Gasteiger partial charge >= 0.3 is 12.0 Å². The van der Waals surface area contributed by atoms with Crippen LogP contribution in [0.2, 0.25) is 0 Å². The van der Waals surface area contributed by atoms with Crippen molar-refractivity contribution in [2.75, 3.05) is 12.3 Å². The van der Waals surface area contributed by atoms with Crippen molar-refractivity contribution in [3.05, 3.63) is 0 Å². The molecule has 0 spiro atoms. The molecule has 1 unspecified atom stereocenters. The van der Waals surface area contributed by atoms with Gasteiger partial charge in [-0.05, 0) is 32.2 Å². The number of ketones is 1. The second-order valence-electron chi connectivity index (χ2n) is 6.74. The SMILES string of the molecule is NCCCC[C@@H](N)C(=O)C(CCC[C@@H]1SC[C@@H]2NC(=O)N[C@@H]21)C(=O)O. The predicted molar refractivity (Wildman–Crippen MR) is 96.4 cm³/mol. The first-order valence-electron chi connectivity index (χ1n) is 8.84. The maximum Gasteiger partial charge on any atom is 0.315 e. The molecule has 0 bridgehead atoms. The number of hydrogen-bond acceptors (Lipinski definition) is 6. The van der Waals surface area contributed by atoms with E-state index in [0.29, 0.717) is 19.4 Å². The zero-order chi connectivity index (χ0) is 18.4. The van der Waals surface area contributed by atoms with Gasteiger partial charge in [0.25, 0.3) is 0 Å². The highest BCUT2D eigenvalue weighted by Crippen LogP contribution is 2.33. The second-order valence-corrected chi connectivity index (χ2v) is 8.01. The van der Waals surface area contributed by atoms with E-state index in [9.17, 15) is 19.5 Å². The summed E-state index contributed by atoms with van der Waals surface area (Å²) in [6.45, 7) is 0.538. The Balaban J connectivity index is 1.78. The molecular formula is C16H28N4O4S. The Labute approximate surface area is 151 Å². The number of hydrogen-bond donors (Lipinski definition) is 5. The van der Waals surface area contributed by atoms with Crippen molar-refractivity contribution in [1.82, 2.24) is 10.6 Å². The number of nitrogens with two attached hydrogens (primary N) is 2. The van der Waals surface area contributed by atoms with Crippen LogP contribution in [0.4, 0.5) is 4.79 Å². The monoisotopic (exact) mass is 372 g/mol. The van der Waals surface area contributed by atoms with Gasteiger partial charge in [-0.15, -0.1) is 0 Å². The van der Waals surface area contributed by atoms with Gasteiger partial charge in [0.05, 0.1) is 18.1 Å². The largest absolute Gasteiger partial charge is 0.481 e. The lowest BCUT2D eigenvalue weighted by atomic mass is 9.90. The lowest BCUT2D eigenvalue weighted by Crippen LogP contribution is -2.39. The van der Waals surface area contributed by atoms with Gasteiger partial charge < -0.3 is 27.2 Å². The minimum Gasteiger partial charge on any atom is -0.481 e. The van der Waals surface area contributed by atoms with Gasteiger partial charge in [-0.25, -0.2) is 4.79 Å². The first-order chi connectivity index (χ1) is 11.9. The van der Waals surface area contributed by atoms with E-state index in [2.05, 4.69) is 10.6 Å². The van der Waals surface area contributed by atoms with E-state index >= 15 is 0 Å². The summed E-state index contributed by atoms with van der Waals surface area (Å²) in [7, 11) is 0. The number of rotatable bonds is 11. The summed E-state index contributed by atoms with van der Waals surface area (Å²) < 4.78 is 0. The maximum absolute atomic E-state index is 12.3. The van der Waals surface area contributed by atoms with E-state index in [4.69, 9.17) is 11.5 Å². The van der Waals surface area contributed by atoms with Gasteiger partial charge in [0.15, 0.2) is 5.78 Å². The quantitative estimate of drug-likeness (QED) is 0.195. The van der Waals surface area contributed by atoms with Crippen molar-refractivity contribution < 1.29 is 19.5 Å². The normalized spacial score (nSPS) is 27.3. The highest BCUT2D eigenvalue weighted by Gasteiger charge is 2.42. The number of aliphatic carboxylic acids is 1. The Hall–Kier alpha value is -1.32. The average Bonchev–Trinajstić information content (AvgIpc) is 3.10. The van der Waals surface area contributed by atoms with E-state index < -0.39 is 23.7 Å². The Morgan fingerprint density at radius 3 is 2.68 bits per heavy atom. The number of carboxylic acid groups (broad SMARTS) is 1. The van der Waals surface area contributed by atoms with Gasteiger partial charge in [0.2, 0.25) is 0 Å². The molecule has 0 aromatic rings. The summed E-state index contributed by atoms with van der Waals surface area (Å²) in [5.74, 6) is -1.68. The van der Waals surface area contributed by atoms with Crippen molar-refractivity contribution in [3.8, 4) is 0 Å². The molecule has 2 fully saturated rings. The summed E-state index contributed by atoms with van der Waals surface area (Å²) in [4.78, 5) is 35.2. The fraction of sp³-hybridized carbons (Fsp3) is 0.812. The number of carbonyl (C=O) groups excluding carboxylic acids is 2. The molecule has 2 aliphatic rings. The maximum atomic E-state index is 12.3. The van der Waals surface area contributed by atoms with Gasteiger partial charge in [0.1, 0.15) is 5.92 Å². The first-order valence-corrected chi connectivity index (χ1v) is 9.89. The minimum atomic E-state index is -1.10. The van der Waals surface area contributed by atoms with Crippen LogP contribution in [0.1, 0.15) is 38.5 Å². The molecule has 8 nitrogen and oxygen atoms in total. The highest BCUT2D eigenvalue weighted by molar-refractivity contribution is 8.00. The van der Waals surface area contributed by atoms with Gasteiger partial charge in [-0.3, -0.25) is 9.59 Å². The molecule has 2 heterocycles. The molecule has 7 N–H and O–H groups in total. The molecule has 2 rings (SSSR count). The van der Waals surface area contributed by atoms with Gasteiger partial charge in [-0.2, -0.15) is 11.8 Å². The van der Waals surface area contributed by atoms with Crippen LogP contribution in [-0.2, 0) is 9.59 Å². The zero-order valence-electron chi connectivity index (χ0n) is 14.3. The molecule has 2 aliphatic heterocycles. The van der Waals surface area contributed by atoms with Crippen LogP contribution in [-0.4, -0.2) is 58.6 Å². The van der Waals surface area contributed by atoms with E-state index in [0.717, 1.165) is 25.0 Å². The number of fused-ring (bicyclic) bond motifs is 1. The molecular weight excluding hydrogens is 344 g/mol. The van der Waals surface area contributed by atoms with Crippen LogP contribution >= 0.6 is 11.8 Å². The van der Waals surface area contributed by atoms with Crippen LogP contribution in [0.3, 0.4) is 0 Å². The van der Waals surface area contributed by atoms with E-state index in [1.807, 2.05) is 0 Å². The van der Waals surface area contributed by atoms with Crippen LogP contribution in [0.25, 0.3) is 0 Å². The van der Waals surface area contributed by atoms with Gasteiger partial charge in [0, 0.05) is 11.0 Å². The fourth-order valence-electron chi connectivity index (χ4n) is 3.46. The number of Topliss-reactive ketones (excluding diaryl/α,β-unsaturated/α-hetero) is 1. The number of urea groups is 1. The standard InChI is InChI=1S/C16H28N4O4S/c17-7-2-1-5-10(18)14(21)9(15(22)23)4-3-6-12-13-11(8-25-12)19-16(24)20-13/h9-13H,1-8,17-18H2,(H,22,23)(H2,19,20,24)/t9?,10-,11+,12+,13+/m1/s1. The molecule has 2 amide bonds. The molecule has 25 heavy (non-hydrogen) atoms.